The lowest BCUT2D eigenvalue weighted by Crippen LogP contribution is -2.48. The third-order valence-electron chi connectivity index (χ3n) is 21.9. The molecule has 0 spiro atoms. The van der Waals surface area contributed by atoms with Crippen molar-refractivity contribution in [2.75, 3.05) is 124 Å². The van der Waals surface area contributed by atoms with Crippen molar-refractivity contribution in [3.63, 3.8) is 0 Å². The van der Waals surface area contributed by atoms with Crippen LogP contribution in [0.2, 0.25) is 0 Å². The highest BCUT2D eigenvalue weighted by atomic mass is 19.2. The molecular formula is C91H106F4N24O4. The van der Waals surface area contributed by atoms with Crippen molar-refractivity contribution in [2.24, 2.45) is 0 Å². The van der Waals surface area contributed by atoms with Crippen molar-refractivity contribution in [3.8, 4) is 23.8 Å². The van der Waals surface area contributed by atoms with Crippen molar-refractivity contribution in [2.45, 2.75) is 130 Å². The number of hydrogen-bond donors (Lipinski definition) is 0. The molecular weight excluding hydrogens is 1570 g/mol. The van der Waals surface area contributed by atoms with Crippen LogP contribution >= 0.6 is 0 Å². The van der Waals surface area contributed by atoms with Crippen molar-refractivity contribution in [1.82, 2.24) is 98.6 Å². The second kappa shape index (κ2) is 38.7. The van der Waals surface area contributed by atoms with Gasteiger partial charge in [-0.2, -0.15) is 40.3 Å². The van der Waals surface area contributed by atoms with Gasteiger partial charge in [-0.3, -0.25) is 19.2 Å². The zero-order valence-corrected chi connectivity index (χ0v) is 72.6. The summed E-state index contributed by atoms with van der Waals surface area (Å²) in [5.41, 5.74) is 16.4. The number of hydrogen-bond acceptors (Lipinski definition) is 20. The van der Waals surface area contributed by atoms with Crippen LogP contribution < -0.4 is 19.6 Å². The smallest absolute Gasteiger partial charge is 0.252 e. The average molecular weight is 1680 g/mol. The highest BCUT2D eigenvalue weighted by Crippen LogP contribution is 2.28. The van der Waals surface area contributed by atoms with E-state index in [0.717, 1.165) is 122 Å². The normalized spacial score (nSPS) is 14.2. The van der Waals surface area contributed by atoms with E-state index >= 15 is 0 Å². The van der Waals surface area contributed by atoms with Crippen molar-refractivity contribution >= 4 is 46.9 Å². The van der Waals surface area contributed by atoms with Gasteiger partial charge in [0.1, 0.15) is 34.9 Å². The van der Waals surface area contributed by atoms with Crippen LogP contribution in [-0.2, 0) is 44.9 Å². The van der Waals surface area contributed by atoms with E-state index in [1.807, 2.05) is 137 Å². The largest absolute Gasteiger partial charge is 0.353 e. The highest BCUT2D eigenvalue weighted by molar-refractivity contribution is 5.75. The molecule has 16 rings (SSSR count). The Morgan fingerprint density at radius 2 is 0.610 bits per heavy atom. The highest BCUT2D eigenvalue weighted by Gasteiger charge is 2.28. The Morgan fingerprint density at radius 3 is 0.935 bits per heavy atom. The molecule has 32 heteroatoms. The van der Waals surface area contributed by atoms with Crippen LogP contribution in [0.5, 0.6) is 0 Å². The lowest BCUT2D eigenvalue weighted by atomic mass is 10.1. The standard InChI is InChI=1S/2C23H27FN6O.C23H28N6O.C22H24F2N6O/c1-15-9-19(12-20(24)10-15)13-21-14-22(29-7-5-28(6-8-29)18(4)31)26-23(25-21)30-17(3)11-16(2)27-30;1-15-5-6-21(24)19(11-15)13-20-14-22(29-9-7-28(8-10-29)18(4)31)26-23(25-20)30-17(3)12-16(2)27-30;1-16-6-5-7-20(12-16)14-21-15-22(28-10-8-27(9-11-28)19(4)30)25-23(24-21)29-18(3)13-17(2)26-29;1-14-11-15(2)30(27-14)22-25-18(12-17-5-4-6-19(23)21(17)24)13-20(26-22)29-9-7-28(8-10-29)16(3)31/h9-12,14H,5-8,13H2,1-4H3;5-6,11-12,14H,7-10,13H2,1-4H3;5-7,12-13,15H,8-11,14H2,1-4H3;4-6,11,13H,7-10,12H2,1-3H3. The third-order valence-corrected chi connectivity index (χ3v) is 21.9. The number of carbonyl (C=O) groups excluding carboxylic acids is 4. The molecule has 4 saturated heterocycles. The van der Waals surface area contributed by atoms with E-state index in [-0.39, 0.29) is 47.2 Å². The zero-order valence-electron chi connectivity index (χ0n) is 72.6. The fourth-order valence-electron chi connectivity index (χ4n) is 15.7. The number of piperazine rings is 4. The lowest BCUT2D eigenvalue weighted by molar-refractivity contribution is -0.129. The quantitative estimate of drug-likeness (QED) is 0.0813. The number of halogens is 4. The molecule has 4 aliphatic heterocycles. The predicted octanol–water partition coefficient (Wildman–Crippen LogP) is 11.6. The number of carbonyl (C=O) groups is 4. The Balaban J connectivity index is 0.000000141. The number of aryl methyl sites for hydroxylation is 11. The molecule has 0 aliphatic carbocycles. The molecule has 28 nitrogen and oxygen atoms in total. The molecule has 0 N–H and O–H groups in total. The summed E-state index contributed by atoms with van der Waals surface area (Å²) in [6, 6.07) is 38.4. The van der Waals surface area contributed by atoms with Crippen LogP contribution in [-0.4, -0.2) is 227 Å². The van der Waals surface area contributed by atoms with E-state index in [4.69, 9.17) is 34.9 Å². The number of benzene rings is 4. The maximum absolute atomic E-state index is 14.4. The van der Waals surface area contributed by atoms with Crippen LogP contribution in [0.25, 0.3) is 23.8 Å². The molecule has 0 unspecified atom stereocenters. The second-order valence-corrected chi connectivity index (χ2v) is 32.0. The van der Waals surface area contributed by atoms with E-state index in [1.54, 1.807) is 70.9 Å². The molecule has 4 amide bonds. The molecule has 4 aromatic carbocycles. The van der Waals surface area contributed by atoms with Crippen LogP contribution in [0.4, 0.5) is 40.8 Å². The maximum Gasteiger partial charge on any atom is 0.252 e. The molecule has 0 saturated carbocycles. The Morgan fingerprint density at radius 1 is 0.293 bits per heavy atom. The minimum atomic E-state index is -0.883. The van der Waals surface area contributed by atoms with Gasteiger partial charge in [-0.05, 0) is 153 Å². The maximum atomic E-state index is 14.4. The fraction of sp³-hybridized carbons (Fsp3) is 0.385. The molecule has 12 aromatic rings. The minimum Gasteiger partial charge on any atom is -0.353 e. The molecule has 12 heterocycles. The Kier molecular flexibility index (Phi) is 27.6. The van der Waals surface area contributed by atoms with Gasteiger partial charge in [0, 0.05) is 205 Å². The van der Waals surface area contributed by atoms with Gasteiger partial charge in [0.05, 0.1) is 45.6 Å². The molecule has 642 valence electrons. The fourth-order valence-corrected chi connectivity index (χ4v) is 15.7. The van der Waals surface area contributed by atoms with Crippen LogP contribution in [0.3, 0.4) is 0 Å². The van der Waals surface area contributed by atoms with E-state index in [0.29, 0.717) is 145 Å². The number of anilines is 4. The van der Waals surface area contributed by atoms with Crippen LogP contribution in [0.1, 0.15) is 135 Å². The van der Waals surface area contributed by atoms with Gasteiger partial charge < -0.3 is 39.2 Å². The first-order chi connectivity index (χ1) is 58.8. The summed E-state index contributed by atoms with van der Waals surface area (Å²) in [7, 11) is 0. The van der Waals surface area contributed by atoms with E-state index in [1.165, 1.54) is 29.3 Å². The molecule has 4 aliphatic rings. The Hall–Kier alpha value is -13.2. The van der Waals surface area contributed by atoms with Crippen LogP contribution in [0.15, 0.2) is 127 Å². The van der Waals surface area contributed by atoms with Gasteiger partial charge in [0.2, 0.25) is 23.6 Å². The number of aromatic nitrogens is 16. The predicted molar refractivity (Wildman–Crippen MR) is 463 cm³/mol. The number of amides is 4. The summed E-state index contributed by atoms with van der Waals surface area (Å²) < 4.78 is 63.2. The van der Waals surface area contributed by atoms with Gasteiger partial charge in [0.15, 0.2) is 11.6 Å². The van der Waals surface area contributed by atoms with Crippen LogP contribution in [0, 0.1) is 99.4 Å². The molecule has 0 radical (unpaired) electrons. The first kappa shape index (κ1) is 87.7. The van der Waals surface area contributed by atoms with E-state index in [9.17, 15) is 36.7 Å². The summed E-state index contributed by atoms with van der Waals surface area (Å²) in [6.45, 7) is 38.7. The minimum absolute atomic E-state index is 0.0490. The van der Waals surface area contributed by atoms with Crippen molar-refractivity contribution < 1.29 is 36.7 Å². The molecule has 0 atom stereocenters. The Bertz CT molecular complexity index is 5680. The summed E-state index contributed by atoms with van der Waals surface area (Å²) in [6.07, 6.45) is 1.71. The monoisotopic (exact) mass is 1670 g/mol. The van der Waals surface area contributed by atoms with E-state index in [2.05, 4.69) is 82.2 Å². The first-order valence-electron chi connectivity index (χ1n) is 41.5. The van der Waals surface area contributed by atoms with Crippen molar-refractivity contribution in [1.29, 1.82) is 0 Å². The molecule has 4 fully saturated rings. The SMILES string of the molecule is CC(=O)N1CCN(c2cc(Cc3cc(C)cc(F)c3)nc(-n3nc(C)cc3C)n2)CC1.CC(=O)N1CCN(c2cc(Cc3cc(C)ccc3F)nc(-n3nc(C)cc3C)n2)CC1.CC(=O)N1CCN(c2cc(Cc3cccc(C)c3)nc(-n3nc(C)cc3C)n2)CC1.CC(=O)N1CCN(c2cc(Cc3cccc(F)c3F)nc(-n3nc(C)cc3C)n2)CC1. The second-order valence-electron chi connectivity index (χ2n) is 32.0. The molecule has 123 heavy (non-hydrogen) atoms. The van der Waals surface area contributed by atoms with E-state index < -0.39 is 11.6 Å². The number of nitrogens with zero attached hydrogens (tertiary/aromatic N) is 24. The lowest BCUT2D eigenvalue weighted by Gasteiger charge is -2.35. The first-order valence-corrected chi connectivity index (χ1v) is 41.5. The van der Waals surface area contributed by atoms with Gasteiger partial charge >= 0.3 is 0 Å². The summed E-state index contributed by atoms with van der Waals surface area (Å²) in [5.74, 6) is 3.17. The summed E-state index contributed by atoms with van der Waals surface area (Å²) in [4.78, 5) is 101. The van der Waals surface area contributed by atoms with Crippen molar-refractivity contribution in [3.05, 3.63) is 258 Å². The topological polar surface area (TPSA) is 269 Å². The van der Waals surface area contributed by atoms with Gasteiger partial charge in [-0.25, -0.2) is 56.2 Å². The molecule has 8 aromatic heterocycles. The average Bonchev–Trinajstić information content (AvgIpc) is 1.80. The summed E-state index contributed by atoms with van der Waals surface area (Å²) in [5, 5.41) is 18.1. The van der Waals surface area contributed by atoms with Gasteiger partial charge in [-0.1, -0.05) is 65.7 Å². The third kappa shape index (κ3) is 22.3. The zero-order chi connectivity index (χ0) is 87.6. The van der Waals surface area contributed by atoms with Gasteiger partial charge in [-0.15, -0.1) is 0 Å². The van der Waals surface area contributed by atoms with Gasteiger partial charge in [0.25, 0.3) is 23.8 Å². The Labute approximate surface area is 714 Å². The molecule has 0 bridgehead atoms. The summed E-state index contributed by atoms with van der Waals surface area (Å²) >= 11 is 0. The number of rotatable bonds is 16.